The Balaban J connectivity index is 0. The molecule has 0 aliphatic carbocycles. The quantitative estimate of drug-likeness (QED) is 0.474. The van der Waals surface area contributed by atoms with Crippen LogP contribution in [0.2, 0.25) is 0 Å². The minimum atomic E-state index is -2.63. The third kappa shape index (κ3) is 8.78. The van der Waals surface area contributed by atoms with Crippen LogP contribution >= 0.6 is 0 Å². The fraction of sp³-hybridized carbons (Fsp3) is 0.462. The number of hydrogen-bond acceptors (Lipinski definition) is 6. The van der Waals surface area contributed by atoms with Crippen LogP contribution in [0.25, 0.3) is 0 Å². The Labute approximate surface area is 204 Å². The molecule has 0 aromatic heterocycles. The minimum absolute atomic E-state index is 0. The largest absolute Gasteiger partial charge is 1.00 e. The van der Waals surface area contributed by atoms with E-state index in [0.29, 0.717) is 17.8 Å². The number of aliphatic carboxylic acids is 2. The van der Waals surface area contributed by atoms with Gasteiger partial charge in [0.2, 0.25) is 0 Å². The fourth-order valence-electron chi connectivity index (χ4n) is 3.79. The molecule has 0 aliphatic heterocycles. The second-order valence-electron chi connectivity index (χ2n) is 8.76. The van der Waals surface area contributed by atoms with E-state index in [-0.39, 0.29) is 8.77 Å². The number of carboxylic acid groups (broad SMARTS) is 2. The maximum atomic E-state index is 10.4. The van der Waals surface area contributed by atoms with E-state index in [4.69, 9.17) is 10.2 Å². The summed E-state index contributed by atoms with van der Waals surface area (Å²) in [6, 6.07) is 17.5. The van der Waals surface area contributed by atoms with Crippen molar-refractivity contribution in [3.8, 4) is 5.75 Å². The van der Waals surface area contributed by atoms with Gasteiger partial charge in [0.05, 0.1) is 0 Å². The zero-order chi connectivity index (χ0) is 26.0. The Morgan fingerprint density at radius 1 is 0.912 bits per heavy atom. The number of carboxylic acids is 2. The number of rotatable bonds is 10. The molecule has 3 atom stereocenters. The van der Waals surface area contributed by atoms with Crippen LogP contribution in [0.15, 0.2) is 48.5 Å². The highest BCUT2D eigenvalue weighted by Gasteiger charge is 2.21. The van der Waals surface area contributed by atoms with E-state index in [1.54, 1.807) is 0 Å². The van der Waals surface area contributed by atoms with Crippen LogP contribution in [0, 0.1) is 6.92 Å². The lowest BCUT2D eigenvalue weighted by molar-refractivity contribution is -0.507. The van der Waals surface area contributed by atoms with Crippen molar-refractivity contribution in [3.63, 3.8) is 0 Å². The summed E-state index contributed by atoms with van der Waals surface area (Å²) in [7, 11) is 0. The van der Waals surface area contributed by atoms with E-state index < -0.39 is 24.1 Å². The Bertz CT molecular complexity index is 900. The molecule has 34 heavy (non-hydrogen) atoms. The molecule has 0 fully saturated rings. The number of aromatic hydroxyl groups is 1. The Morgan fingerprint density at radius 2 is 1.41 bits per heavy atom. The van der Waals surface area contributed by atoms with Gasteiger partial charge in [-0.25, -0.2) is 0 Å². The summed E-state index contributed by atoms with van der Waals surface area (Å²) in [6.45, 7) is 12.1. The van der Waals surface area contributed by atoms with Crippen LogP contribution < -0.4 is 10.2 Å². The highest BCUT2D eigenvalue weighted by Crippen LogP contribution is 2.35. The van der Waals surface area contributed by atoms with E-state index >= 15 is 0 Å². The van der Waals surface area contributed by atoms with Crippen LogP contribution in [-0.2, 0) is 9.59 Å². The first kappa shape index (κ1) is 29.1. The first-order valence-corrected chi connectivity index (χ1v) is 11.2. The molecule has 8 nitrogen and oxygen atoms in total. The third-order valence-corrected chi connectivity index (χ3v) is 5.52. The zero-order valence-corrected chi connectivity index (χ0v) is 20.3. The van der Waals surface area contributed by atoms with Crippen LogP contribution in [-0.4, -0.2) is 63.0 Å². The molecule has 0 radical (unpaired) electrons. The van der Waals surface area contributed by atoms with Crippen LogP contribution in [0.3, 0.4) is 0 Å². The monoisotopic (exact) mass is 475 g/mol. The number of benzene rings is 2. The van der Waals surface area contributed by atoms with Gasteiger partial charge in [0.25, 0.3) is 11.9 Å². The first-order chi connectivity index (χ1) is 15.9. The SMILES string of the molecule is Cc1ccc(O)c([C@H](CCN(C(C)C)C(C)C)c2ccccc2)c1.O=C(O)[C@@H]([O-])[C@H]([O-])C(=O)O.[H+].[H+]. The molecular formula is C26H37NO7. The average Bonchev–Trinajstić information content (AvgIpc) is 2.78. The van der Waals surface area contributed by atoms with Gasteiger partial charge in [-0.2, -0.15) is 0 Å². The van der Waals surface area contributed by atoms with Crippen molar-refractivity contribution in [3.05, 3.63) is 65.2 Å². The summed E-state index contributed by atoms with van der Waals surface area (Å²) in [6.07, 6.45) is -4.26. The van der Waals surface area contributed by atoms with Crippen LogP contribution in [0.1, 0.15) is 59.6 Å². The predicted molar refractivity (Wildman–Crippen MR) is 128 cm³/mol. The van der Waals surface area contributed by atoms with Gasteiger partial charge in [0, 0.05) is 23.6 Å². The van der Waals surface area contributed by atoms with Gasteiger partial charge in [-0.3, -0.25) is 14.5 Å². The zero-order valence-electron chi connectivity index (χ0n) is 22.3. The summed E-state index contributed by atoms with van der Waals surface area (Å²) in [5.41, 5.74) is 3.49. The van der Waals surface area contributed by atoms with Crippen molar-refractivity contribution >= 4 is 11.9 Å². The molecule has 0 saturated carbocycles. The Hall–Kier alpha value is -2.94. The molecule has 0 heterocycles. The second-order valence-corrected chi connectivity index (χ2v) is 8.76. The van der Waals surface area contributed by atoms with Gasteiger partial charge in [0.15, 0.2) is 0 Å². The highest BCUT2D eigenvalue weighted by atomic mass is 16.4. The predicted octanol–water partition coefficient (Wildman–Crippen LogP) is 2.18. The third-order valence-electron chi connectivity index (χ3n) is 5.52. The van der Waals surface area contributed by atoms with Gasteiger partial charge < -0.3 is 25.5 Å². The normalized spacial score (nSPS) is 13.8. The number of hydrogen-bond donors (Lipinski definition) is 3. The van der Waals surface area contributed by atoms with E-state index in [0.717, 1.165) is 18.5 Å². The smallest absolute Gasteiger partial charge is 0.844 e. The summed E-state index contributed by atoms with van der Waals surface area (Å²) in [4.78, 5) is 21.9. The van der Waals surface area contributed by atoms with Gasteiger partial charge in [-0.05, 0) is 71.4 Å². The van der Waals surface area contributed by atoms with Crippen molar-refractivity contribution in [1.82, 2.24) is 4.90 Å². The number of phenolic OH excluding ortho intramolecular Hbond substituents is 1. The molecule has 2 rings (SSSR count). The lowest BCUT2D eigenvalue weighted by atomic mass is 9.87. The molecule has 8 heteroatoms. The van der Waals surface area contributed by atoms with Crippen molar-refractivity contribution in [2.45, 2.75) is 71.2 Å². The maximum absolute atomic E-state index is 10.4. The molecule has 188 valence electrons. The highest BCUT2D eigenvalue weighted by molar-refractivity contribution is 5.82. The summed E-state index contributed by atoms with van der Waals surface area (Å²) >= 11 is 0. The van der Waals surface area contributed by atoms with Gasteiger partial charge in [-0.15, -0.1) is 0 Å². The minimum Gasteiger partial charge on any atom is -0.844 e. The van der Waals surface area contributed by atoms with Crippen LogP contribution in [0.4, 0.5) is 0 Å². The molecule has 3 N–H and O–H groups in total. The summed E-state index contributed by atoms with van der Waals surface area (Å²) in [5, 5.41) is 46.2. The molecule has 2 aromatic rings. The number of phenols is 1. The van der Waals surface area contributed by atoms with Crippen molar-refractivity contribution in [2.75, 3.05) is 6.54 Å². The Kier molecular flexibility index (Phi) is 11.7. The van der Waals surface area contributed by atoms with E-state index in [1.165, 1.54) is 11.1 Å². The molecule has 0 unspecified atom stereocenters. The molecule has 0 saturated heterocycles. The number of aryl methyl sites for hydroxylation is 1. The molecule has 0 spiro atoms. The average molecular weight is 476 g/mol. The van der Waals surface area contributed by atoms with Crippen molar-refractivity contribution in [2.24, 2.45) is 0 Å². The van der Waals surface area contributed by atoms with Gasteiger partial charge in [0.1, 0.15) is 5.75 Å². The first-order valence-electron chi connectivity index (χ1n) is 11.2. The van der Waals surface area contributed by atoms with Crippen molar-refractivity contribution in [1.29, 1.82) is 0 Å². The van der Waals surface area contributed by atoms with Gasteiger partial charge >= 0.3 is 2.85 Å². The second kappa shape index (κ2) is 13.7. The Morgan fingerprint density at radius 3 is 1.85 bits per heavy atom. The maximum Gasteiger partial charge on any atom is 1.00 e. The van der Waals surface area contributed by atoms with Crippen molar-refractivity contribution < 1.29 is 38.0 Å². The molecular weight excluding hydrogens is 438 g/mol. The summed E-state index contributed by atoms with van der Waals surface area (Å²) in [5.74, 6) is -3.27. The number of carbonyl (C=O) groups is 2. The lowest BCUT2D eigenvalue weighted by Gasteiger charge is -2.32. The fourth-order valence-corrected chi connectivity index (χ4v) is 3.79. The molecule has 0 aliphatic rings. The molecule has 2 aromatic carbocycles. The van der Waals surface area contributed by atoms with E-state index in [2.05, 4.69) is 69.9 Å². The van der Waals surface area contributed by atoms with Gasteiger partial charge in [-0.1, -0.05) is 48.0 Å². The number of nitrogens with zero attached hydrogens (tertiary/aromatic N) is 1. The molecule has 0 amide bonds. The standard InChI is InChI=1S/C22H31NO.C4H4O6/c1-16(2)23(17(3)4)14-13-20(19-9-7-6-8-10-19)21-15-18(5)11-12-22(21)24;5-1(3(7)8)2(6)4(9)10/h6-12,15-17,20,24H,13-14H2,1-5H3;1-2H,(H,7,8)(H,9,10)/q;-2/p+2/t20-;1-,2-/m10/s1. The topological polar surface area (TPSA) is 144 Å². The van der Waals surface area contributed by atoms with E-state index in [1.807, 2.05) is 18.2 Å². The van der Waals surface area contributed by atoms with E-state index in [9.17, 15) is 24.9 Å². The lowest BCUT2D eigenvalue weighted by Crippen LogP contribution is -2.55. The van der Waals surface area contributed by atoms with Crippen LogP contribution in [0.5, 0.6) is 5.75 Å². The summed E-state index contributed by atoms with van der Waals surface area (Å²) < 4.78 is 0. The molecule has 0 bridgehead atoms.